The number of rotatable bonds is 7. The monoisotopic (exact) mass is 657 g/mol. The number of hydrogen-bond donors (Lipinski definition) is 1. The van der Waals surface area contributed by atoms with E-state index in [2.05, 4.69) is 51.6 Å². The fraction of sp³-hybridized carbons (Fsp3) is 0.842. The Labute approximate surface area is 213 Å². The second-order valence-electron chi connectivity index (χ2n) is 5.49. The largest absolute Gasteiger partial charge is 0.468 e. The Morgan fingerprint density at radius 2 is 1.58 bits per heavy atom. The molecule has 3 nitrogen and oxygen atoms in total. The maximum atomic E-state index is 4.42. The summed E-state index contributed by atoms with van der Waals surface area (Å²) in [5.41, 5.74) is 0.215. The molecule has 1 saturated heterocycles. The molecule has 7 heteroatoms. The molecule has 1 aliphatic rings. The quantitative estimate of drug-likeness (QED) is 0.268. The maximum Gasteiger partial charge on any atom is 0 e. The molecular weight excluding hydrogens is 605 g/mol. The number of nitrogens with one attached hydrogen (secondary N) is 1. The fourth-order valence-electron chi connectivity index (χ4n) is 2.14. The van der Waals surface area contributed by atoms with Gasteiger partial charge in [0.2, 0.25) is 0 Å². The summed E-state index contributed by atoms with van der Waals surface area (Å²) in [4.78, 5) is 2.39. The first kappa shape index (κ1) is 51.3. The molecule has 0 bridgehead atoms. The van der Waals surface area contributed by atoms with Crippen molar-refractivity contribution in [2.45, 2.75) is 64.3 Å². The van der Waals surface area contributed by atoms with Crippen molar-refractivity contribution in [3.05, 3.63) is 19.9 Å². The minimum atomic E-state index is 0. The van der Waals surface area contributed by atoms with Crippen LogP contribution < -0.4 is 5.32 Å². The second kappa shape index (κ2) is 27.5. The van der Waals surface area contributed by atoms with E-state index in [4.69, 9.17) is 0 Å². The molecular formula is C19H52N3P2WY-3. The van der Waals surface area contributed by atoms with Crippen molar-refractivity contribution < 1.29 is 53.8 Å². The van der Waals surface area contributed by atoms with Crippen LogP contribution in [0.15, 0.2) is 0 Å². The van der Waals surface area contributed by atoms with Gasteiger partial charge in [-0.3, -0.25) is 0 Å². The van der Waals surface area contributed by atoms with Gasteiger partial charge in [-0.15, -0.1) is 18.5 Å². The average molecular weight is 657 g/mol. The van der Waals surface area contributed by atoms with Crippen molar-refractivity contribution >= 4 is 17.3 Å². The molecule has 2 atom stereocenters. The first-order valence-corrected chi connectivity index (χ1v) is 9.35. The van der Waals surface area contributed by atoms with E-state index in [1.165, 1.54) is 32.0 Å². The Hall–Kier alpha value is 2.53. The van der Waals surface area contributed by atoms with Crippen LogP contribution in [-0.2, 0) is 53.8 Å². The van der Waals surface area contributed by atoms with Crippen molar-refractivity contribution in [1.29, 1.82) is 0 Å². The van der Waals surface area contributed by atoms with Gasteiger partial charge in [-0.1, -0.05) is 72.9 Å². The first-order valence-electron chi connectivity index (χ1n) is 6.60. The number of nitrogens with zero attached hydrogens (tertiary/aromatic N) is 2. The minimum Gasteiger partial charge on any atom is -0.468 e. The molecule has 1 heterocycles. The molecule has 1 radical (unpaired) electrons. The molecule has 0 aromatic rings. The predicted molar refractivity (Wildman–Crippen MR) is 127 cm³/mol. The van der Waals surface area contributed by atoms with Gasteiger partial charge in [0, 0.05) is 53.8 Å². The molecule has 1 aliphatic heterocycles. The molecule has 0 amide bonds. The van der Waals surface area contributed by atoms with Crippen LogP contribution in [0.2, 0.25) is 0 Å². The zero-order valence-corrected chi connectivity index (χ0v) is 20.7. The van der Waals surface area contributed by atoms with Gasteiger partial charge in [0.1, 0.15) is 0 Å². The van der Waals surface area contributed by atoms with Crippen LogP contribution in [0, 0.1) is 25.3 Å². The van der Waals surface area contributed by atoms with E-state index in [1.807, 2.05) is 0 Å². The standard InChI is InChI=1S/C13H28N3P2.6CH4.W.Y/c1-5-16(18-17)10-12(2)14-11-13(3)6-8-15(4)9-7-13;;;;;;;;/h14,18H,1,3,5-11,17H2,2,4H3;6*1H4;;/q-3;;;;;;;;. The van der Waals surface area contributed by atoms with E-state index in [0.29, 0.717) is 0 Å². The summed E-state index contributed by atoms with van der Waals surface area (Å²) < 4.78 is 2.32. The van der Waals surface area contributed by atoms with E-state index in [-0.39, 0.29) is 104 Å². The topological polar surface area (TPSA) is 18.5 Å². The molecule has 0 aliphatic carbocycles. The smallest absolute Gasteiger partial charge is 0 e. The molecule has 0 aromatic heterocycles. The average Bonchev–Trinajstić information content (AvgIpc) is 2.37. The summed E-state index contributed by atoms with van der Waals surface area (Å²) >= 11 is 0. The van der Waals surface area contributed by atoms with Crippen molar-refractivity contribution in [3.63, 3.8) is 0 Å². The summed E-state index contributed by atoms with van der Waals surface area (Å²) in [5, 5.41) is 3.57. The maximum absolute atomic E-state index is 4.42. The summed E-state index contributed by atoms with van der Waals surface area (Å²) in [5.74, 6) is 0. The third kappa shape index (κ3) is 21.2. The van der Waals surface area contributed by atoms with Gasteiger partial charge >= 0.3 is 0 Å². The summed E-state index contributed by atoms with van der Waals surface area (Å²) in [6.45, 7) is 15.7. The molecule has 1 N–H and O–H groups in total. The van der Waals surface area contributed by atoms with Gasteiger partial charge < -0.3 is 28.7 Å². The van der Waals surface area contributed by atoms with E-state index in [0.717, 1.165) is 28.1 Å². The van der Waals surface area contributed by atoms with Crippen LogP contribution >= 0.6 is 17.3 Å². The van der Waals surface area contributed by atoms with Crippen molar-refractivity contribution in [2.24, 2.45) is 5.41 Å². The van der Waals surface area contributed by atoms with Crippen LogP contribution in [0.25, 0.3) is 0 Å². The number of hydrogen-bond acceptors (Lipinski definition) is 3. The zero-order valence-electron chi connectivity index (χ0n) is 12.8. The Morgan fingerprint density at radius 1 is 1.15 bits per heavy atom. The zero-order chi connectivity index (χ0) is 13.6. The summed E-state index contributed by atoms with van der Waals surface area (Å²) in [7, 11) is 5.72. The molecule has 26 heavy (non-hydrogen) atoms. The second-order valence-corrected chi connectivity index (χ2v) is 7.15. The third-order valence-corrected chi connectivity index (χ3v) is 5.54. The molecule has 0 aromatic carbocycles. The van der Waals surface area contributed by atoms with Crippen LogP contribution in [-0.4, -0.2) is 49.3 Å². The number of likely N-dealkylation sites (tertiary alicyclic amines) is 1. The van der Waals surface area contributed by atoms with Crippen molar-refractivity contribution in [3.8, 4) is 0 Å². The molecule has 1 rings (SSSR count). The van der Waals surface area contributed by atoms with E-state index in [1.54, 1.807) is 0 Å². The van der Waals surface area contributed by atoms with Gasteiger partial charge in [0.05, 0.1) is 0 Å². The van der Waals surface area contributed by atoms with Gasteiger partial charge in [0.15, 0.2) is 0 Å². The Balaban J connectivity index is -0.0000000675. The van der Waals surface area contributed by atoms with Gasteiger partial charge in [0.25, 0.3) is 0 Å². The Kier molecular flexibility index (Phi) is 54.3. The molecule has 0 saturated carbocycles. The van der Waals surface area contributed by atoms with Crippen LogP contribution in [0.1, 0.15) is 64.3 Å². The molecule has 1 fully saturated rings. The van der Waals surface area contributed by atoms with Crippen molar-refractivity contribution in [1.82, 2.24) is 14.9 Å². The van der Waals surface area contributed by atoms with E-state index in [9.17, 15) is 0 Å². The van der Waals surface area contributed by atoms with Gasteiger partial charge in [-0.05, 0) is 28.6 Å². The van der Waals surface area contributed by atoms with Gasteiger partial charge in [-0.2, -0.15) is 6.92 Å². The van der Waals surface area contributed by atoms with Crippen molar-refractivity contribution in [2.75, 3.05) is 39.8 Å². The molecule has 165 valence electrons. The SMILES string of the molecule is C.C.C.C.C.C.[CH2-]CN(C[C-](C)NCC1([CH2-])CCN(C)CC1)PP.[W].[Y]. The third-order valence-electron chi connectivity index (χ3n) is 3.69. The van der Waals surface area contributed by atoms with Gasteiger partial charge in [-0.25, -0.2) is 6.04 Å². The Bertz CT molecular complexity index is 241. The molecule has 0 spiro atoms. The fourth-order valence-corrected chi connectivity index (χ4v) is 3.26. The summed E-state index contributed by atoms with van der Waals surface area (Å²) in [6, 6.07) is 1.33. The van der Waals surface area contributed by atoms with E-state index < -0.39 is 0 Å². The van der Waals surface area contributed by atoms with E-state index >= 15 is 0 Å². The normalized spacial score (nSPS) is 14.9. The molecule has 2 unspecified atom stereocenters. The summed E-state index contributed by atoms with van der Waals surface area (Å²) in [6.07, 6.45) is 2.38. The van der Waals surface area contributed by atoms with Crippen LogP contribution in [0.5, 0.6) is 0 Å². The van der Waals surface area contributed by atoms with Crippen LogP contribution in [0.4, 0.5) is 0 Å². The Morgan fingerprint density at radius 3 is 1.92 bits per heavy atom. The number of piperidine rings is 1. The first-order chi connectivity index (χ1) is 8.49. The minimum absolute atomic E-state index is 0. The predicted octanol–water partition coefficient (Wildman–Crippen LogP) is 6.01. The van der Waals surface area contributed by atoms with Crippen LogP contribution in [0.3, 0.4) is 0 Å².